The highest BCUT2D eigenvalue weighted by molar-refractivity contribution is 5.87. The summed E-state index contributed by atoms with van der Waals surface area (Å²) >= 11 is 0. The smallest absolute Gasteiger partial charge is 0.221 e. The third-order valence-corrected chi connectivity index (χ3v) is 7.96. The molecule has 6 aromatic rings. The van der Waals surface area contributed by atoms with Gasteiger partial charge in [0.05, 0.1) is 7.11 Å². The van der Waals surface area contributed by atoms with E-state index in [1.165, 1.54) is 5.56 Å². The van der Waals surface area contributed by atoms with Crippen LogP contribution in [0.3, 0.4) is 0 Å². The number of benzene rings is 5. The standard InChI is InChI=1S/C39H36N2O3/c1-43-33-20-16-30(17-21-33)26-41-27-37(35-14-8-9-15-38(35)41)36(24-39(42)40-25-29-10-4-2-5-11-29)32-18-22-34(23-19-32)44-28-31-12-6-3-7-13-31/h2-23,27,36H,24-26,28H2,1H3,(H,40,42). The highest BCUT2D eigenvalue weighted by atomic mass is 16.5. The second-order valence-corrected chi connectivity index (χ2v) is 10.9. The second kappa shape index (κ2) is 13.8. The lowest BCUT2D eigenvalue weighted by Gasteiger charge is -2.18. The normalized spacial score (nSPS) is 11.7. The number of ether oxygens (including phenoxy) is 2. The Morgan fingerprint density at radius 3 is 2.05 bits per heavy atom. The van der Waals surface area contributed by atoms with Crippen molar-refractivity contribution in [3.8, 4) is 11.5 Å². The molecular formula is C39H36N2O3. The largest absolute Gasteiger partial charge is 0.497 e. The molecule has 5 aromatic carbocycles. The molecular weight excluding hydrogens is 544 g/mol. The molecule has 0 aliphatic rings. The van der Waals surface area contributed by atoms with E-state index in [9.17, 15) is 4.79 Å². The number of amides is 1. The molecule has 1 aromatic heterocycles. The number of hydrogen-bond acceptors (Lipinski definition) is 3. The quantitative estimate of drug-likeness (QED) is 0.159. The maximum absolute atomic E-state index is 13.4. The van der Waals surface area contributed by atoms with Gasteiger partial charge in [0.1, 0.15) is 18.1 Å². The maximum Gasteiger partial charge on any atom is 0.221 e. The average molecular weight is 581 g/mol. The summed E-state index contributed by atoms with van der Waals surface area (Å²) in [4.78, 5) is 13.4. The molecule has 1 atom stereocenters. The fraction of sp³-hybridized carbons (Fsp3) is 0.154. The molecule has 220 valence electrons. The first kappa shape index (κ1) is 28.8. The molecule has 1 amide bonds. The molecule has 1 heterocycles. The van der Waals surface area contributed by atoms with E-state index in [1.54, 1.807) is 7.11 Å². The van der Waals surface area contributed by atoms with Gasteiger partial charge in [-0.25, -0.2) is 0 Å². The van der Waals surface area contributed by atoms with Gasteiger partial charge in [-0.2, -0.15) is 0 Å². The van der Waals surface area contributed by atoms with Crippen molar-refractivity contribution in [2.75, 3.05) is 7.11 Å². The molecule has 0 fully saturated rings. The zero-order valence-corrected chi connectivity index (χ0v) is 24.9. The van der Waals surface area contributed by atoms with Gasteiger partial charge >= 0.3 is 0 Å². The number of hydrogen-bond donors (Lipinski definition) is 1. The predicted molar refractivity (Wildman–Crippen MR) is 176 cm³/mol. The lowest BCUT2D eigenvalue weighted by molar-refractivity contribution is -0.121. The van der Waals surface area contributed by atoms with Gasteiger partial charge in [-0.05, 0) is 58.1 Å². The van der Waals surface area contributed by atoms with Gasteiger partial charge < -0.3 is 19.4 Å². The summed E-state index contributed by atoms with van der Waals surface area (Å²) in [6.45, 7) is 1.71. The molecule has 5 heteroatoms. The topological polar surface area (TPSA) is 52.5 Å². The van der Waals surface area contributed by atoms with Crippen molar-refractivity contribution in [3.05, 3.63) is 167 Å². The van der Waals surface area contributed by atoms with E-state index in [1.807, 2.05) is 72.8 Å². The number of rotatable bonds is 12. The van der Waals surface area contributed by atoms with Gasteiger partial charge in [0.25, 0.3) is 0 Å². The predicted octanol–water partition coefficient (Wildman–Crippen LogP) is 8.12. The van der Waals surface area contributed by atoms with Gasteiger partial charge in [-0.3, -0.25) is 4.79 Å². The lowest BCUT2D eigenvalue weighted by Crippen LogP contribution is -2.25. The third kappa shape index (κ3) is 7.01. The number of fused-ring (bicyclic) bond motifs is 1. The van der Waals surface area contributed by atoms with E-state index in [0.717, 1.165) is 44.7 Å². The van der Waals surface area contributed by atoms with Crippen LogP contribution in [-0.2, 0) is 24.5 Å². The Morgan fingerprint density at radius 1 is 0.705 bits per heavy atom. The van der Waals surface area contributed by atoms with Crippen molar-refractivity contribution in [3.63, 3.8) is 0 Å². The van der Waals surface area contributed by atoms with Crippen molar-refractivity contribution in [1.29, 1.82) is 0 Å². The molecule has 0 bridgehead atoms. The fourth-order valence-corrected chi connectivity index (χ4v) is 5.61. The van der Waals surface area contributed by atoms with Crippen LogP contribution in [0.5, 0.6) is 11.5 Å². The van der Waals surface area contributed by atoms with E-state index in [2.05, 4.69) is 76.7 Å². The minimum atomic E-state index is -0.143. The van der Waals surface area contributed by atoms with Crippen molar-refractivity contribution in [1.82, 2.24) is 9.88 Å². The van der Waals surface area contributed by atoms with E-state index >= 15 is 0 Å². The number of nitrogens with zero attached hydrogens (tertiary/aromatic N) is 1. The summed E-state index contributed by atoms with van der Waals surface area (Å²) in [6.07, 6.45) is 2.54. The summed E-state index contributed by atoms with van der Waals surface area (Å²) in [5, 5.41) is 4.29. The van der Waals surface area contributed by atoms with Crippen LogP contribution in [0.15, 0.2) is 140 Å². The molecule has 0 saturated heterocycles. The minimum absolute atomic E-state index is 0.00948. The monoisotopic (exact) mass is 580 g/mol. The van der Waals surface area contributed by atoms with Crippen LogP contribution in [0.25, 0.3) is 10.9 Å². The Kier molecular flexibility index (Phi) is 9.03. The lowest BCUT2D eigenvalue weighted by atomic mass is 9.88. The molecule has 0 aliphatic carbocycles. The molecule has 0 radical (unpaired) electrons. The van der Waals surface area contributed by atoms with E-state index in [0.29, 0.717) is 26.1 Å². The number of carbonyl (C=O) groups excluding carboxylic acids is 1. The number of nitrogens with one attached hydrogen (secondary N) is 1. The van der Waals surface area contributed by atoms with Crippen LogP contribution < -0.4 is 14.8 Å². The summed E-state index contributed by atoms with van der Waals surface area (Å²) in [6, 6.07) is 44.9. The van der Waals surface area contributed by atoms with Gasteiger partial charge in [0.2, 0.25) is 5.91 Å². The van der Waals surface area contributed by atoms with Gasteiger partial charge in [0.15, 0.2) is 0 Å². The van der Waals surface area contributed by atoms with E-state index in [4.69, 9.17) is 9.47 Å². The van der Waals surface area contributed by atoms with Crippen LogP contribution in [0.1, 0.15) is 40.2 Å². The fourth-order valence-electron chi connectivity index (χ4n) is 5.61. The number of methoxy groups -OCH3 is 1. The first-order chi connectivity index (χ1) is 21.7. The van der Waals surface area contributed by atoms with Crippen molar-refractivity contribution in [2.45, 2.75) is 32.0 Å². The number of para-hydroxylation sites is 1. The first-order valence-electron chi connectivity index (χ1n) is 14.9. The zero-order chi connectivity index (χ0) is 30.1. The van der Waals surface area contributed by atoms with E-state index in [-0.39, 0.29) is 11.8 Å². The Morgan fingerprint density at radius 2 is 1.34 bits per heavy atom. The minimum Gasteiger partial charge on any atom is -0.497 e. The van der Waals surface area contributed by atoms with Crippen LogP contribution in [0, 0.1) is 0 Å². The van der Waals surface area contributed by atoms with Crippen molar-refractivity contribution in [2.24, 2.45) is 0 Å². The van der Waals surface area contributed by atoms with Crippen LogP contribution in [-0.4, -0.2) is 17.6 Å². The van der Waals surface area contributed by atoms with Gasteiger partial charge in [-0.15, -0.1) is 0 Å². The molecule has 1 N–H and O–H groups in total. The highest BCUT2D eigenvalue weighted by Gasteiger charge is 2.23. The first-order valence-corrected chi connectivity index (χ1v) is 14.9. The second-order valence-electron chi connectivity index (χ2n) is 10.9. The van der Waals surface area contributed by atoms with Crippen LogP contribution in [0.2, 0.25) is 0 Å². The summed E-state index contributed by atoms with van der Waals surface area (Å²) < 4.78 is 13.7. The van der Waals surface area contributed by atoms with Gasteiger partial charge in [-0.1, -0.05) is 103 Å². The Balaban J connectivity index is 1.29. The van der Waals surface area contributed by atoms with Crippen LogP contribution >= 0.6 is 0 Å². The molecule has 44 heavy (non-hydrogen) atoms. The average Bonchev–Trinajstić information content (AvgIpc) is 3.44. The molecule has 0 spiro atoms. The number of aromatic nitrogens is 1. The molecule has 0 aliphatic heterocycles. The van der Waals surface area contributed by atoms with Gasteiger partial charge in [0, 0.05) is 42.5 Å². The van der Waals surface area contributed by atoms with Crippen LogP contribution in [0.4, 0.5) is 0 Å². The highest BCUT2D eigenvalue weighted by Crippen LogP contribution is 2.36. The zero-order valence-electron chi connectivity index (χ0n) is 24.9. The van der Waals surface area contributed by atoms with Crippen molar-refractivity contribution < 1.29 is 14.3 Å². The van der Waals surface area contributed by atoms with E-state index < -0.39 is 0 Å². The molecule has 1 unspecified atom stereocenters. The maximum atomic E-state index is 13.4. The Labute approximate surface area is 258 Å². The summed E-state index contributed by atoms with van der Waals surface area (Å²) in [5.74, 6) is 1.50. The Bertz CT molecular complexity index is 1790. The molecule has 5 nitrogen and oxygen atoms in total. The molecule has 6 rings (SSSR count). The third-order valence-electron chi connectivity index (χ3n) is 7.96. The Hall–Kier alpha value is -5.29. The van der Waals surface area contributed by atoms with Crippen molar-refractivity contribution >= 4 is 16.8 Å². The number of carbonyl (C=O) groups is 1. The summed E-state index contributed by atoms with van der Waals surface area (Å²) in [7, 11) is 1.68. The SMILES string of the molecule is COc1ccc(Cn2cc(C(CC(=O)NCc3ccccc3)c3ccc(OCc4ccccc4)cc3)c3ccccc32)cc1. The molecule has 0 saturated carbocycles. The summed E-state index contributed by atoms with van der Waals surface area (Å²) in [5.41, 5.74) is 6.70.